The van der Waals surface area contributed by atoms with E-state index in [2.05, 4.69) is 27.9 Å². The quantitative estimate of drug-likeness (QED) is 0.769. The fourth-order valence-corrected chi connectivity index (χ4v) is 1.85. The molecule has 2 N–H and O–H groups in total. The van der Waals surface area contributed by atoms with E-state index in [0.29, 0.717) is 11.8 Å². The SMILES string of the molecule is Oc1ccc([C@@H]2CCN2)cc1I. The molecule has 0 aromatic heterocycles. The minimum absolute atomic E-state index is 0.374. The molecular formula is C9H10INO. The van der Waals surface area contributed by atoms with Crippen molar-refractivity contribution in [1.82, 2.24) is 5.32 Å². The minimum atomic E-state index is 0.374. The summed E-state index contributed by atoms with van der Waals surface area (Å²) in [6, 6.07) is 6.29. The molecule has 0 aliphatic carbocycles. The lowest BCUT2D eigenvalue weighted by Crippen LogP contribution is -2.34. The van der Waals surface area contributed by atoms with Crippen LogP contribution in [0.15, 0.2) is 18.2 Å². The van der Waals surface area contributed by atoms with Crippen LogP contribution >= 0.6 is 22.6 Å². The van der Waals surface area contributed by atoms with Crippen LogP contribution in [0.1, 0.15) is 18.0 Å². The number of benzene rings is 1. The highest BCUT2D eigenvalue weighted by Crippen LogP contribution is 2.27. The predicted molar refractivity (Wildman–Crippen MR) is 56.2 cm³/mol. The van der Waals surface area contributed by atoms with Crippen molar-refractivity contribution in [1.29, 1.82) is 0 Å². The van der Waals surface area contributed by atoms with Crippen LogP contribution in [0.2, 0.25) is 0 Å². The summed E-state index contributed by atoms with van der Waals surface area (Å²) in [5.41, 5.74) is 1.28. The predicted octanol–water partition coefficient (Wildman–Crippen LogP) is 2.03. The fraction of sp³-hybridized carbons (Fsp3) is 0.333. The molecule has 1 aromatic rings. The summed E-state index contributed by atoms with van der Waals surface area (Å²) in [7, 11) is 0. The molecule has 0 spiro atoms. The Hall–Kier alpha value is -0.290. The van der Waals surface area contributed by atoms with E-state index in [1.165, 1.54) is 12.0 Å². The second-order valence-electron chi connectivity index (χ2n) is 3.01. The standard InChI is InChI=1S/C9H10INO/c10-7-5-6(1-2-9(7)12)8-3-4-11-8/h1-2,5,8,11-12H,3-4H2/t8-/m0/s1. The zero-order valence-electron chi connectivity index (χ0n) is 6.55. The molecule has 0 radical (unpaired) electrons. The number of hydrogen-bond acceptors (Lipinski definition) is 2. The Morgan fingerprint density at radius 3 is 2.75 bits per heavy atom. The van der Waals surface area contributed by atoms with Gasteiger partial charge in [0.25, 0.3) is 0 Å². The lowest BCUT2D eigenvalue weighted by molar-refractivity contribution is 0.382. The molecule has 0 saturated carbocycles. The maximum Gasteiger partial charge on any atom is 0.128 e. The molecule has 1 saturated heterocycles. The van der Waals surface area contributed by atoms with Crippen LogP contribution in [0, 0.1) is 3.57 Å². The van der Waals surface area contributed by atoms with Gasteiger partial charge in [-0.2, -0.15) is 0 Å². The van der Waals surface area contributed by atoms with Crippen LogP contribution < -0.4 is 5.32 Å². The Bertz CT molecular complexity index is 297. The summed E-state index contributed by atoms with van der Waals surface area (Å²) in [6.07, 6.45) is 1.21. The summed E-state index contributed by atoms with van der Waals surface area (Å²) in [5, 5.41) is 12.6. The monoisotopic (exact) mass is 275 g/mol. The molecule has 0 amide bonds. The van der Waals surface area contributed by atoms with E-state index in [-0.39, 0.29) is 0 Å². The number of aromatic hydroxyl groups is 1. The molecule has 3 heteroatoms. The van der Waals surface area contributed by atoms with Crippen LogP contribution in [-0.2, 0) is 0 Å². The van der Waals surface area contributed by atoms with Gasteiger partial charge in [-0.3, -0.25) is 0 Å². The Morgan fingerprint density at radius 2 is 2.25 bits per heavy atom. The topological polar surface area (TPSA) is 32.3 Å². The lowest BCUT2D eigenvalue weighted by Gasteiger charge is -2.28. The number of rotatable bonds is 1. The van der Waals surface area contributed by atoms with Gasteiger partial charge < -0.3 is 10.4 Å². The average Bonchev–Trinajstić information content (AvgIpc) is 1.93. The van der Waals surface area contributed by atoms with Gasteiger partial charge in [-0.25, -0.2) is 0 Å². The Morgan fingerprint density at radius 1 is 1.50 bits per heavy atom. The number of phenolic OH excluding ortho intramolecular Hbond substituents is 1. The number of nitrogens with one attached hydrogen (secondary N) is 1. The van der Waals surface area contributed by atoms with Crippen molar-refractivity contribution < 1.29 is 5.11 Å². The third-order valence-electron chi connectivity index (χ3n) is 2.20. The van der Waals surface area contributed by atoms with Gasteiger partial charge in [-0.05, 0) is 53.3 Å². The molecule has 2 nitrogen and oxygen atoms in total. The molecule has 0 unspecified atom stereocenters. The molecule has 2 rings (SSSR count). The van der Waals surface area contributed by atoms with Crippen LogP contribution in [0.3, 0.4) is 0 Å². The van der Waals surface area contributed by atoms with Gasteiger partial charge in [-0.1, -0.05) is 6.07 Å². The summed E-state index contributed by atoms with van der Waals surface area (Å²) in [4.78, 5) is 0. The van der Waals surface area contributed by atoms with E-state index in [9.17, 15) is 5.11 Å². The van der Waals surface area contributed by atoms with Gasteiger partial charge in [0, 0.05) is 6.04 Å². The van der Waals surface area contributed by atoms with Crippen molar-refractivity contribution in [2.75, 3.05) is 6.54 Å². The van der Waals surface area contributed by atoms with Gasteiger partial charge in [0.1, 0.15) is 5.75 Å². The van der Waals surface area contributed by atoms with Gasteiger partial charge >= 0.3 is 0 Å². The second kappa shape index (κ2) is 3.22. The molecule has 1 atom stereocenters. The van der Waals surface area contributed by atoms with E-state index in [1.807, 2.05) is 12.1 Å². The molecular weight excluding hydrogens is 265 g/mol. The minimum Gasteiger partial charge on any atom is -0.507 e. The van der Waals surface area contributed by atoms with Crippen LogP contribution in [0.4, 0.5) is 0 Å². The molecule has 1 fully saturated rings. The maximum absolute atomic E-state index is 9.29. The van der Waals surface area contributed by atoms with Gasteiger partial charge in [-0.15, -0.1) is 0 Å². The molecule has 64 valence electrons. The Labute approximate surface area is 85.1 Å². The van der Waals surface area contributed by atoms with E-state index in [0.717, 1.165) is 10.1 Å². The fourth-order valence-electron chi connectivity index (χ4n) is 1.31. The number of halogens is 1. The van der Waals surface area contributed by atoms with Crippen molar-refractivity contribution in [3.8, 4) is 5.75 Å². The smallest absolute Gasteiger partial charge is 0.128 e. The first-order valence-electron chi connectivity index (χ1n) is 3.99. The average molecular weight is 275 g/mol. The van der Waals surface area contributed by atoms with Crippen LogP contribution in [-0.4, -0.2) is 11.7 Å². The first-order chi connectivity index (χ1) is 5.77. The summed E-state index contributed by atoms with van der Waals surface area (Å²) in [5.74, 6) is 0.374. The second-order valence-corrected chi connectivity index (χ2v) is 4.17. The normalized spacial score (nSPS) is 21.9. The van der Waals surface area contributed by atoms with Crippen LogP contribution in [0.25, 0.3) is 0 Å². The first kappa shape index (κ1) is 8.31. The number of phenols is 1. The Kier molecular flexibility index (Phi) is 2.23. The third-order valence-corrected chi connectivity index (χ3v) is 3.06. The summed E-state index contributed by atoms with van der Waals surface area (Å²) >= 11 is 2.15. The zero-order valence-corrected chi connectivity index (χ0v) is 8.71. The maximum atomic E-state index is 9.29. The van der Waals surface area contributed by atoms with Crippen molar-refractivity contribution in [3.05, 3.63) is 27.3 Å². The van der Waals surface area contributed by atoms with Gasteiger partial charge in [0.05, 0.1) is 3.57 Å². The zero-order chi connectivity index (χ0) is 8.55. The van der Waals surface area contributed by atoms with E-state index < -0.39 is 0 Å². The molecule has 1 heterocycles. The van der Waals surface area contributed by atoms with E-state index in [4.69, 9.17) is 0 Å². The molecule has 12 heavy (non-hydrogen) atoms. The highest BCUT2D eigenvalue weighted by atomic mass is 127. The van der Waals surface area contributed by atoms with E-state index >= 15 is 0 Å². The van der Waals surface area contributed by atoms with Crippen molar-refractivity contribution >= 4 is 22.6 Å². The Balaban J connectivity index is 2.27. The first-order valence-corrected chi connectivity index (χ1v) is 5.07. The summed E-state index contributed by atoms with van der Waals surface area (Å²) < 4.78 is 0.929. The van der Waals surface area contributed by atoms with Gasteiger partial charge in [0.15, 0.2) is 0 Å². The molecule has 0 bridgehead atoms. The lowest BCUT2D eigenvalue weighted by atomic mass is 9.98. The highest BCUT2D eigenvalue weighted by molar-refractivity contribution is 14.1. The van der Waals surface area contributed by atoms with Crippen molar-refractivity contribution in [2.45, 2.75) is 12.5 Å². The van der Waals surface area contributed by atoms with Crippen LogP contribution in [0.5, 0.6) is 5.75 Å². The van der Waals surface area contributed by atoms with Gasteiger partial charge in [0.2, 0.25) is 0 Å². The van der Waals surface area contributed by atoms with Crippen molar-refractivity contribution in [3.63, 3.8) is 0 Å². The highest BCUT2D eigenvalue weighted by Gasteiger charge is 2.18. The molecule has 1 aliphatic heterocycles. The van der Waals surface area contributed by atoms with E-state index in [1.54, 1.807) is 6.07 Å². The molecule has 1 aliphatic rings. The largest absolute Gasteiger partial charge is 0.507 e. The third kappa shape index (κ3) is 1.43. The molecule has 1 aromatic carbocycles. The summed E-state index contributed by atoms with van der Waals surface area (Å²) in [6.45, 7) is 1.11. The number of hydrogen-bond donors (Lipinski definition) is 2. The van der Waals surface area contributed by atoms with Crippen molar-refractivity contribution in [2.24, 2.45) is 0 Å².